The number of unbranched alkanes of at least 4 members (excludes halogenated alkanes) is 6. The molecule has 3 N–H and O–H groups in total. The Morgan fingerprint density at radius 3 is 2.17 bits per heavy atom. The van der Waals surface area contributed by atoms with Crippen molar-refractivity contribution in [2.75, 3.05) is 5.32 Å². The zero-order valence-corrected chi connectivity index (χ0v) is 14.4. The fourth-order valence-corrected chi connectivity index (χ4v) is 2.57. The van der Waals surface area contributed by atoms with Gasteiger partial charge in [0.25, 0.3) is 0 Å². The van der Waals surface area contributed by atoms with Crippen LogP contribution < -0.4 is 14.6 Å². The van der Waals surface area contributed by atoms with Crippen LogP contribution in [0.3, 0.4) is 0 Å². The summed E-state index contributed by atoms with van der Waals surface area (Å²) in [5, 5.41) is 7.54. The van der Waals surface area contributed by atoms with Crippen LogP contribution in [0.1, 0.15) is 58.3 Å². The highest BCUT2D eigenvalue weighted by molar-refractivity contribution is 7.84. The molecule has 1 rings (SSSR count). The van der Waals surface area contributed by atoms with Crippen LogP contribution in [-0.4, -0.2) is 14.3 Å². The molecule has 0 heterocycles. The Morgan fingerprint density at radius 2 is 1.61 bits per heavy atom. The third-order valence-electron chi connectivity index (χ3n) is 3.36. The Bertz CT molecular complexity index is 570. The van der Waals surface area contributed by atoms with Crippen LogP contribution >= 0.6 is 0 Å². The standard InChI is InChI=1S/C16H26N2O4S/c1-2-3-4-5-6-7-8-9-16(19)18-14-10-12-15(13-11-14)22-23(17,20)21/h10-13H,2-9H2,1H3,(H,18,19)(H2,17,20,21). The van der Waals surface area contributed by atoms with Gasteiger partial charge in [-0.15, -0.1) is 0 Å². The molecular formula is C16H26N2O4S. The molecule has 7 heteroatoms. The van der Waals surface area contributed by atoms with Crippen LogP contribution in [0.4, 0.5) is 5.69 Å². The lowest BCUT2D eigenvalue weighted by atomic mass is 10.1. The second-order valence-electron chi connectivity index (χ2n) is 5.52. The fourth-order valence-electron chi connectivity index (χ4n) is 2.19. The number of nitrogens with two attached hydrogens (primary N) is 1. The molecule has 6 nitrogen and oxygen atoms in total. The molecule has 0 aliphatic heterocycles. The second kappa shape index (κ2) is 10.2. The third-order valence-corrected chi connectivity index (χ3v) is 3.78. The molecule has 1 aromatic rings. The molecule has 0 spiro atoms. The van der Waals surface area contributed by atoms with Crippen molar-refractivity contribution in [2.24, 2.45) is 5.14 Å². The van der Waals surface area contributed by atoms with Gasteiger partial charge in [-0.2, -0.15) is 13.6 Å². The van der Waals surface area contributed by atoms with Gasteiger partial charge in [-0.3, -0.25) is 4.79 Å². The number of carbonyl (C=O) groups excluding carboxylic acids is 1. The van der Waals surface area contributed by atoms with Crippen molar-refractivity contribution in [3.63, 3.8) is 0 Å². The first-order chi connectivity index (χ1) is 10.9. The largest absolute Gasteiger partial charge is 0.380 e. The smallest absolute Gasteiger partial charge is 0.371 e. The van der Waals surface area contributed by atoms with E-state index in [0.29, 0.717) is 12.1 Å². The molecule has 0 fully saturated rings. The number of amides is 1. The van der Waals surface area contributed by atoms with E-state index in [1.807, 2.05) is 0 Å². The molecule has 0 radical (unpaired) electrons. The maximum Gasteiger partial charge on any atom is 0.380 e. The number of anilines is 1. The molecule has 0 unspecified atom stereocenters. The lowest BCUT2D eigenvalue weighted by molar-refractivity contribution is -0.116. The van der Waals surface area contributed by atoms with E-state index in [9.17, 15) is 13.2 Å². The molecule has 0 bridgehead atoms. The van der Waals surface area contributed by atoms with Gasteiger partial charge in [-0.05, 0) is 30.7 Å². The molecule has 0 saturated carbocycles. The van der Waals surface area contributed by atoms with Crippen LogP contribution in [0.5, 0.6) is 5.75 Å². The zero-order valence-electron chi connectivity index (χ0n) is 13.6. The first kappa shape index (κ1) is 19.4. The van der Waals surface area contributed by atoms with E-state index in [1.54, 1.807) is 12.1 Å². The number of benzene rings is 1. The van der Waals surface area contributed by atoms with Gasteiger partial charge in [0.15, 0.2) is 0 Å². The van der Waals surface area contributed by atoms with E-state index in [-0.39, 0.29) is 11.7 Å². The minimum Gasteiger partial charge on any atom is -0.371 e. The van der Waals surface area contributed by atoms with Crippen molar-refractivity contribution in [1.82, 2.24) is 0 Å². The van der Waals surface area contributed by atoms with E-state index in [1.165, 1.54) is 44.2 Å². The molecular weight excluding hydrogens is 316 g/mol. The Balaban J connectivity index is 2.24. The summed E-state index contributed by atoms with van der Waals surface area (Å²) in [5.41, 5.74) is 0.597. The first-order valence-electron chi connectivity index (χ1n) is 8.03. The van der Waals surface area contributed by atoms with Crippen molar-refractivity contribution >= 4 is 21.9 Å². The summed E-state index contributed by atoms with van der Waals surface area (Å²) >= 11 is 0. The van der Waals surface area contributed by atoms with Crippen LogP contribution in [0.25, 0.3) is 0 Å². The highest BCUT2D eigenvalue weighted by Gasteiger charge is 2.06. The van der Waals surface area contributed by atoms with Gasteiger partial charge in [-0.25, -0.2) is 0 Å². The molecule has 1 aromatic carbocycles. The van der Waals surface area contributed by atoms with Gasteiger partial charge in [0.1, 0.15) is 5.75 Å². The highest BCUT2D eigenvalue weighted by Crippen LogP contribution is 2.17. The first-order valence-corrected chi connectivity index (χ1v) is 9.50. The summed E-state index contributed by atoms with van der Waals surface area (Å²) in [6.45, 7) is 2.19. The summed E-state index contributed by atoms with van der Waals surface area (Å²) in [4.78, 5) is 11.8. The maximum absolute atomic E-state index is 11.8. The Hall–Kier alpha value is -1.60. The monoisotopic (exact) mass is 342 g/mol. The minimum absolute atomic E-state index is 0.0429. The molecule has 0 atom stereocenters. The lowest BCUT2D eigenvalue weighted by Gasteiger charge is -2.07. The number of nitrogens with one attached hydrogen (secondary N) is 1. The number of hydrogen-bond donors (Lipinski definition) is 2. The molecule has 23 heavy (non-hydrogen) atoms. The van der Waals surface area contributed by atoms with Crippen LogP contribution in [-0.2, 0) is 15.1 Å². The quantitative estimate of drug-likeness (QED) is 0.602. The number of rotatable bonds is 11. The van der Waals surface area contributed by atoms with E-state index >= 15 is 0 Å². The summed E-state index contributed by atoms with van der Waals surface area (Å²) in [6.07, 6.45) is 8.64. The van der Waals surface area contributed by atoms with Gasteiger partial charge < -0.3 is 9.50 Å². The van der Waals surface area contributed by atoms with Crippen molar-refractivity contribution in [1.29, 1.82) is 0 Å². The summed E-state index contributed by atoms with van der Waals surface area (Å²) in [6, 6.07) is 6.02. The van der Waals surface area contributed by atoms with E-state index in [2.05, 4.69) is 16.4 Å². The molecule has 1 amide bonds. The van der Waals surface area contributed by atoms with Crippen LogP contribution in [0.15, 0.2) is 24.3 Å². The van der Waals surface area contributed by atoms with Gasteiger partial charge in [0.05, 0.1) is 0 Å². The van der Waals surface area contributed by atoms with E-state index < -0.39 is 10.3 Å². The molecule has 0 saturated heterocycles. The maximum atomic E-state index is 11.8. The Labute approximate surface area is 138 Å². The number of carbonyl (C=O) groups is 1. The summed E-state index contributed by atoms with van der Waals surface area (Å²) in [5.74, 6) is 0.0660. The predicted molar refractivity (Wildman–Crippen MR) is 91.4 cm³/mol. The van der Waals surface area contributed by atoms with Crippen LogP contribution in [0, 0.1) is 0 Å². The number of hydrogen-bond acceptors (Lipinski definition) is 4. The summed E-state index contributed by atoms with van der Waals surface area (Å²) < 4.78 is 26.1. The predicted octanol–water partition coefficient (Wildman–Crippen LogP) is 3.35. The third kappa shape index (κ3) is 9.91. The van der Waals surface area contributed by atoms with Crippen LogP contribution in [0.2, 0.25) is 0 Å². The Kier molecular flexibility index (Phi) is 8.65. The van der Waals surface area contributed by atoms with Crippen molar-refractivity contribution in [2.45, 2.75) is 58.3 Å². The minimum atomic E-state index is -4.02. The second-order valence-corrected chi connectivity index (χ2v) is 6.67. The van der Waals surface area contributed by atoms with E-state index in [4.69, 9.17) is 5.14 Å². The highest BCUT2D eigenvalue weighted by atomic mass is 32.2. The molecule has 0 aliphatic rings. The van der Waals surface area contributed by atoms with Gasteiger partial charge in [0.2, 0.25) is 5.91 Å². The molecule has 130 valence electrons. The normalized spacial score (nSPS) is 11.2. The fraction of sp³-hybridized carbons (Fsp3) is 0.562. The van der Waals surface area contributed by atoms with E-state index in [0.717, 1.165) is 12.8 Å². The molecule has 0 aliphatic carbocycles. The average Bonchev–Trinajstić information content (AvgIpc) is 2.47. The Morgan fingerprint density at radius 1 is 1.04 bits per heavy atom. The van der Waals surface area contributed by atoms with Crippen molar-refractivity contribution in [3.8, 4) is 5.75 Å². The van der Waals surface area contributed by atoms with Gasteiger partial charge in [-0.1, -0.05) is 45.4 Å². The SMILES string of the molecule is CCCCCCCCCC(=O)Nc1ccc(OS(N)(=O)=O)cc1. The lowest BCUT2D eigenvalue weighted by Crippen LogP contribution is -2.19. The summed E-state index contributed by atoms with van der Waals surface area (Å²) in [7, 11) is -4.02. The van der Waals surface area contributed by atoms with Gasteiger partial charge >= 0.3 is 10.3 Å². The van der Waals surface area contributed by atoms with Crippen molar-refractivity contribution < 1.29 is 17.4 Å². The molecule has 0 aromatic heterocycles. The topological polar surface area (TPSA) is 98.5 Å². The van der Waals surface area contributed by atoms with Crippen molar-refractivity contribution in [3.05, 3.63) is 24.3 Å². The zero-order chi connectivity index (χ0) is 17.1. The average molecular weight is 342 g/mol. The van der Waals surface area contributed by atoms with Gasteiger partial charge in [0, 0.05) is 12.1 Å².